The Morgan fingerprint density at radius 3 is 2.79 bits per heavy atom. The van der Waals surface area contributed by atoms with Crippen LogP contribution in [0.5, 0.6) is 0 Å². The van der Waals surface area contributed by atoms with Gasteiger partial charge in [0.2, 0.25) is 0 Å². The second-order valence-corrected chi connectivity index (χ2v) is 5.65. The quantitative estimate of drug-likeness (QED) is 0.894. The van der Waals surface area contributed by atoms with Crippen LogP contribution in [-0.4, -0.2) is 36.4 Å². The number of H-pyrrole nitrogens is 1. The number of halogens is 1. The molecule has 1 aliphatic rings. The number of benzene rings is 1. The van der Waals surface area contributed by atoms with Crippen LogP contribution in [0.25, 0.3) is 11.3 Å². The molecule has 1 aromatic carbocycles. The van der Waals surface area contributed by atoms with E-state index >= 15 is 0 Å². The summed E-state index contributed by atoms with van der Waals surface area (Å²) in [5, 5.41) is 11.0. The molecule has 1 fully saturated rings. The normalized spacial score (nSPS) is 16.4. The van der Waals surface area contributed by atoms with E-state index in [0.717, 1.165) is 47.7 Å². The molecule has 19 heavy (non-hydrogen) atoms. The minimum atomic E-state index is 1.02. The zero-order valence-corrected chi connectivity index (χ0v) is 12.3. The van der Waals surface area contributed by atoms with Crippen molar-refractivity contribution in [3.63, 3.8) is 0 Å². The molecule has 1 aromatic heterocycles. The van der Waals surface area contributed by atoms with Gasteiger partial charge in [-0.25, -0.2) is 0 Å². The molecule has 0 saturated carbocycles. The van der Waals surface area contributed by atoms with Crippen LogP contribution < -0.4 is 10.2 Å². The summed E-state index contributed by atoms with van der Waals surface area (Å²) in [6, 6.07) is 10.4. The number of hydrogen-bond acceptors (Lipinski definition) is 3. The number of anilines is 1. The summed E-state index contributed by atoms with van der Waals surface area (Å²) >= 11 is 3.45. The second kappa shape index (κ2) is 5.75. The minimum absolute atomic E-state index is 1.02. The van der Waals surface area contributed by atoms with Crippen molar-refractivity contribution in [2.75, 3.05) is 31.1 Å². The van der Waals surface area contributed by atoms with E-state index in [9.17, 15) is 0 Å². The van der Waals surface area contributed by atoms with Crippen molar-refractivity contribution in [1.82, 2.24) is 15.5 Å². The van der Waals surface area contributed by atoms with E-state index in [2.05, 4.69) is 54.5 Å². The Kier molecular flexibility index (Phi) is 3.84. The standard InChI is InChI=1S/C14H17BrN4/c15-12-4-2-11(3-5-12)13-10-14(18-17-13)19-8-1-6-16-7-9-19/h2-5,10,16H,1,6-9H2,(H,17,18). The predicted octanol–water partition coefficient (Wildman–Crippen LogP) is 2.64. The first kappa shape index (κ1) is 12.7. The molecular formula is C14H17BrN4. The first-order chi connectivity index (χ1) is 9.33. The van der Waals surface area contributed by atoms with E-state index in [0.29, 0.717) is 0 Å². The lowest BCUT2D eigenvalue weighted by molar-refractivity contribution is 0.724. The number of nitrogens with one attached hydrogen (secondary N) is 2. The number of aromatic amines is 1. The summed E-state index contributed by atoms with van der Waals surface area (Å²) in [4.78, 5) is 2.33. The van der Waals surface area contributed by atoms with E-state index in [1.54, 1.807) is 0 Å². The first-order valence-corrected chi connectivity index (χ1v) is 7.39. The molecule has 0 amide bonds. The van der Waals surface area contributed by atoms with E-state index in [4.69, 9.17) is 0 Å². The highest BCUT2D eigenvalue weighted by atomic mass is 79.9. The summed E-state index contributed by atoms with van der Waals surface area (Å²) in [5.41, 5.74) is 2.23. The number of aromatic nitrogens is 2. The molecule has 0 radical (unpaired) electrons. The van der Waals surface area contributed by atoms with Crippen molar-refractivity contribution < 1.29 is 0 Å². The molecule has 0 atom stereocenters. The largest absolute Gasteiger partial charge is 0.354 e. The van der Waals surface area contributed by atoms with Gasteiger partial charge in [-0.05, 0) is 30.7 Å². The van der Waals surface area contributed by atoms with Gasteiger partial charge in [0.25, 0.3) is 0 Å². The average molecular weight is 321 g/mol. The smallest absolute Gasteiger partial charge is 0.151 e. The minimum Gasteiger partial charge on any atom is -0.354 e. The molecule has 1 saturated heterocycles. The summed E-state index contributed by atoms with van der Waals surface area (Å²) in [7, 11) is 0. The molecule has 2 heterocycles. The van der Waals surface area contributed by atoms with Crippen molar-refractivity contribution in [3.8, 4) is 11.3 Å². The van der Waals surface area contributed by atoms with Crippen molar-refractivity contribution in [2.24, 2.45) is 0 Å². The highest BCUT2D eigenvalue weighted by Gasteiger charge is 2.13. The summed E-state index contributed by atoms with van der Waals surface area (Å²) in [6.07, 6.45) is 1.17. The first-order valence-electron chi connectivity index (χ1n) is 6.60. The van der Waals surface area contributed by atoms with Gasteiger partial charge >= 0.3 is 0 Å². The van der Waals surface area contributed by atoms with Crippen LogP contribution in [-0.2, 0) is 0 Å². The molecule has 100 valence electrons. The molecule has 2 N–H and O–H groups in total. The third-order valence-electron chi connectivity index (χ3n) is 3.38. The fourth-order valence-electron chi connectivity index (χ4n) is 2.33. The van der Waals surface area contributed by atoms with Crippen LogP contribution in [0.4, 0.5) is 5.82 Å². The van der Waals surface area contributed by atoms with E-state index in [1.165, 1.54) is 6.42 Å². The topological polar surface area (TPSA) is 44.0 Å². The lowest BCUT2D eigenvalue weighted by atomic mass is 10.1. The lowest BCUT2D eigenvalue weighted by Crippen LogP contribution is -2.28. The zero-order valence-electron chi connectivity index (χ0n) is 10.7. The van der Waals surface area contributed by atoms with E-state index < -0.39 is 0 Å². The molecule has 1 aliphatic heterocycles. The summed E-state index contributed by atoms with van der Waals surface area (Å²) in [5.74, 6) is 1.04. The Hall–Kier alpha value is -1.33. The van der Waals surface area contributed by atoms with Gasteiger partial charge in [0, 0.05) is 30.2 Å². The van der Waals surface area contributed by atoms with Crippen LogP contribution in [0.2, 0.25) is 0 Å². The Balaban J connectivity index is 1.80. The van der Waals surface area contributed by atoms with Crippen LogP contribution in [0, 0.1) is 0 Å². The van der Waals surface area contributed by atoms with Gasteiger partial charge in [-0.15, -0.1) is 0 Å². The Morgan fingerprint density at radius 1 is 1.11 bits per heavy atom. The predicted molar refractivity (Wildman–Crippen MR) is 81.4 cm³/mol. The molecule has 4 nitrogen and oxygen atoms in total. The third kappa shape index (κ3) is 2.98. The maximum atomic E-state index is 4.44. The van der Waals surface area contributed by atoms with Gasteiger partial charge < -0.3 is 10.2 Å². The van der Waals surface area contributed by atoms with Gasteiger partial charge in [0.1, 0.15) is 0 Å². The van der Waals surface area contributed by atoms with Gasteiger partial charge in [-0.3, -0.25) is 5.10 Å². The molecule has 0 unspecified atom stereocenters. The maximum Gasteiger partial charge on any atom is 0.151 e. The molecule has 0 spiro atoms. The van der Waals surface area contributed by atoms with Crippen LogP contribution >= 0.6 is 15.9 Å². The van der Waals surface area contributed by atoms with E-state index in [1.807, 2.05) is 12.1 Å². The SMILES string of the molecule is Brc1ccc(-c2cc(N3CCCNCC3)n[nH]2)cc1. The van der Waals surface area contributed by atoms with Gasteiger partial charge in [-0.1, -0.05) is 28.1 Å². The highest BCUT2D eigenvalue weighted by molar-refractivity contribution is 9.10. The molecule has 0 aliphatic carbocycles. The van der Waals surface area contributed by atoms with Gasteiger partial charge in [0.15, 0.2) is 5.82 Å². The van der Waals surface area contributed by atoms with E-state index in [-0.39, 0.29) is 0 Å². The van der Waals surface area contributed by atoms with Crippen LogP contribution in [0.15, 0.2) is 34.8 Å². The third-order valence-corrected chi connectivity index (χ3v) is 3.91. The monoisotopic (exact) mass is 320 g/mol. The molecule has 3 rings (SSSR count). The van der Waals surface area contributed by atoms with Crippen molar-refractivity contribution >= 4 is 21.7 Å². The van der Waals surface area contributed by atoms with Crippen LogP contribution in [0.1, 0.15) is 6.42 Å². The van der Waals surface area contributed by atoms with Crippen molar-refractivity contribution in [1.29, 1.82) is 0 Å². The molecule has 2 aromatic rings. The number of hydrogen-bond donors (Lipinski definition) is 2. The molecule has 5 heteroatoms. The zero-order chi connectivity index (χ0) is 13.1. The number of rotatable bonds is 2. The van der Waals surface area contributed by atoms with Crippen LogP contribution in [0.3, 0.4) is 0 Å². The average Bonchev–Trinajstić information content (AvgIpc) is 2.76. The lowest BCUT2D eigenvalue weighted by Gasteiger charge is -2.18. The summed E-state index contributed by atoms with van der Waals surface area (Å²) in [6.45, 7) is 4.21. The van der Waals surface area contributed by atoms with Crippen molar-refractivity contribution in [3.05, 3.63) is 34.8 Å². The Bertz CT molecular complexity index is 527. The fourth-order valence-corrected chi connectivity index (χ4v) is 2.59. The maximum absolute atomic E-state index is 4.44. The summed E-state index contributed by atoms with van der Waals surface area (Å²) < 4.78 is 1.09. The number of nitrogens with zero attached hydrogens (tertiary/aromatic N) is 2. The van der Waals surface area contributed by atoms with Crippen molar-refractivity contribution in [2.45, 2.75) is 6.42 Å². The van der Waals surface area contributed by atoms with Gasteiger partial charge in [-0.2, -0.15) is 5.10 Å². The Labute approximate surface area is 121 Å². The Morgan fingerprint density at radius 2 is 1.95 bits per heavy atom. The second-order valence-electron chi connectivity index (χ2n) is 4.74. The van der Waals surface area contributed by atoms with Gasteiger partial charge in [0.05, 0.1) is 5.69 Å². The molecule has 0 bridgehead atoms. The fraction of sp³-hybridized carbons (Fsp3) is 0.357. The molecular weight excluding hydrogens is 304 g/mol. The highest BCUT2D eigenvalue weighted by Crippen LogP contribution is 2.23.